The van der Waals surface area contributed by atoms with E-state index in [4.69, 9.17) is 16.5 Å². The van der Waals surface area contributed by atoms with Crippen molar-refractivity contribution >= 4 is 5.82 Å². The Kier molecular flexibility index (Phi) is 3.25. The van der Waals surface area contributed by atoms with Crippen LogP contribution in [-0.4, -0.2) is 16.8 Å². The summed E-state index contributed by atoms with van der Waals surface area (Å²) in [5.41, 5.74) is 2.86. The van der Waals surface area contributed by atoms with Gasteiger partial charge in [0.2, 0.25) is 0 Å². The monoisotopic (exact) mass is 174 g/mol. The summed E-state index contributed by atoms with van der Waals surface area (Å²) in [6, 6.07) is 3.42. The van der Waals surface area contributed by atoms with Crippen LogP contribution in [0, 0.1) is 23.7 Å². The van der Waals surface area contributed by atoms with Gasteiger partial charge in [-0.25, -0.2) is 5.48 Å². The highest BCUT2D eigenvalue weighted by Gasteiger charge is 1.95. The van der Waals surface area contributed by atoms with E-state index in [0.29, 0.717) is 11.4 Å². The zero-order valence-corrected chi connectivity index (χ0v) is 6.69. The molecule has 0 saturated heterocycles. The molecule has 64 valence electrons. The number of terminal acetylenes is 1. The SMILES string of the molecule is C#CCONc1cc(C#N)cnn1. The minimum Gasteiger partial charge on any atom is -0.262 e. The minimum absolute atomic E-state index is 0.123. The van der Waals surface area contributed by atoms with Crippen LogP contribution in [0.25, 0.3) is 0 Å². The van der Waals surface area contributed by atoms with Crippen LogP contribution in [-0.2, 0) is 4.84 Å². The lowest BCUT2D eigenvalue weighted by atomic mass is 10.3. The third-order valence-corrected chi connectivity index (χ3v) is 1.12. The fraction of sp³-hybridized carbons (Fsp3) is 0.125. The van der Waals surface area contributed by atoms with Crippen molar-refractivity contribution in [1.82, 2.24) is 10.2 Å². The molecule has 0 fully saturated rings. The van der Waals surface area contributed by atoms with E-state index in [1.54, 1.807) is 0 Å². The lowest BCUT2D eigenvalue weighted by Gasteiger charge is -2.01. The number of nitrogens with one attached hydrogen (secondary N) is 1. The van der Waals surface area contributed by atoms with Crippen molar-refractivity contribution in [2.45, 2.75) is 0 Å². The average Bonchev–Trinajstić information content (AvgIpc) is 2.19. The molecular weight excluding hydrogens is 168 g/mol. The molecule has 0 saturated carbocycles. The molecule has 5 nitrogen and oxygen atoms in total. The number of nitriles is 1. The third-order valence-electron chi connectivity index (χ3n) is 1.12. The van der Waals surface area contributed by atoms with Gasteiger partial charge in [0.25, 0.3) is 0 Å². The van der Waals surface area contributed by atoms with Crippen LogP contribution in [0.4, 0.5) is 5.82 Å². The maximum Gasteiger partial charge on any atom is 0.173 e. The number of hydrogen-bond acceptors (Lipinski definition) is 5. The quantitative estimate of drug-likeness (QED) is 0.406. The molecule has 0 aliphatic rings. The number of rotatable bonds is 3. The first-order valence-corrected chi connectivity index (χ1v) is 3.41. The van der Waals surface area contributed by atoms with Gasteiger partial charge in [-0.1, -0.05) is 5.92 Å². The van der Waals surface area contributed by atoms with Crippen LogP contribution in [0.2, 0.25) is 0 Å². The minimum atomic E-state index is 0.123. The molecule has 13 heavy (non-hydrogen) atoms. The summed E-state index contributed by atoms with van der Waals surface area (Å²) < 4.78 is 0. The highest BCUT2D eigenvalue weighted by Crippen LogP contribution is 2.02. The zero-order chi connectivity index (χ0) is 9.52. The molecule has 1 aromatic rings. The Bertz CT molecular complexity index is 363. The van der Waals surface area contributed by atoms with Crippen molar-refractivity contribution in [1.29, 1.82) is 5.26 Å². The van der Waals surface area contributed by atoms with Gasteiger partial charge in [-0.2, -0.15) is 10.4 Å². The molecule has 0 bridgehead atoms. The molecule has 0 aliphatic heterocycles. The number of aromatic nitrogens is 2. The van der Waals surface area contributed by atoms with Gasteiger partial charge in [0, 0.05) is 6.07 Å². The van der Waals surface area contributed by atoms with E-state index in [9.17, 15) is 0 Å². The van der Waals surface area contributed by atoms with Gasteiger partial charge < -0.3 is 0 Å². The Morgan fingerprint density at radius 3 is 3.23 bits per heavy atom. The van der Waals surface area contributed by atoms with Gasteiger partial charge in [0.15, 0.2) is 5.82 Å². The van der Waals surface area contributed by atoms with E-state index >= 15 is 0 Å². The van der Waals surface area contributed by atoms with Crippen molar-refractivity contribution in [3.05, 3.63) is 17.8 Å². The van der Waals surface area contributed by atoms with E-state index in [1.165, 1.54) is 12.3 Å². The first kappa shape index (κ1) is 8.98. The Morgan fingerprint density at radius 1 is 1.69 bits per heavy atom. The molecule has 0 unspecified atom stereocenters. The maximum absolute atomic E-state index is 8.51. The van der Waals surface area contributed by atoms with Gasteiger partial charge in [-0.05, 0) is 0 Å². The Balaban J connectivity index is 2.59. The fourth-order valence-corrected chi connectivity index (χ4v) is 0.629. The Morgan fingerprint density at radius 2 is 2.54 bits per heavy atom. The van der Waals surface area contributed by atoms with E-state index < -0.39 is 0 Å². The van der Waals surface area contributed by atoms with E-state index in [2.05, 4.69) is 21.6 Å². The van der Waals surface area contributed by atoms with Crippen molar-refractivity contribution in [3.8, 4) is 18.4 Å². The second-order valence-electron chi connectivity index (χ2n) is 2.04. The predicted octanol–water partition coefficient (Wildman–Crippen LogP) is 0.325. The summed E-state index contributed by atoms with van der Waals surface area (Å²) in [6.45, 7) is 0.123. The third kappa shape index (κ3) is 2.78. The molecule has 0 aromatic carbocycles. The van der Waals surface area contributed by atoms with Gasteiger partial charge in [-0.15, -0.1) is 11.5 Å². The molecule has 0 amide bonds. The van der Waals surface area contributed by atoms with Gasteiger partial charge in [0.05, 0.1) is 11.8 Å². The molecule has 0 aliphatic carbocycles. The summed E-state index contributed by atoms with van der Waals surface area (Å²) in [4.78, 5) is 4.77. The summed E-state index contributed by atoms with van der Waals surface area (Å²) in [5, 5.41) is 15.7. The largest absolute Gasteiger partial charge is 0.262 e. The van der Waals surface area contributed by atoms with Crippen LogP contribution in [0.3, 0.4) is 0 Å². The normalized spacial score (nSPS) is 8.46. The van der Waals surface area contributed by atoms with Gasteiger partial charge in [-0.3, -0.25) is 4.84 Å². The molecule has 1 rings (SSSR count). The zero-order valence-electron chi connectivity index (χ0n) is 6.69. The summed E-state index contributed by atoms with van der Waals surface area (Å²) in [5.74, 6) is 2.62. The van der Waals surface area contributed by atoms with Crippen LogP contribution < -0.4 is 5.48 Å². The Hall–Kier alpha value is -2.11. The second-order valence-corrected chi connectivity index (χ2v) is 2.04. The van der Waals surface area contributed by atoms with Crippen LogP contribution in [0.15, 0.2) is 12.3 Å². The average molecular weight is 174 g/mol. The molecule has 1 aromatic heterocycles. The van der Waals surface area contributed by atoms with E-state index in [-0.39, 0.29) is 6.61 Å². The fourth-order valence-electron chi connectivity index (χ4n) is 0.629. The van der Waals surface area contributed by atoms with Crippen molar-refractivity contribution in [3.63, 3.8) is 0 Å². The molecule has 1 N–H and O–H groups in total. The molecular formula is C8H6N4O. The van der Waals surface area contributed by atoms with Crippen molar-refractivity contribution < 1.29 is 4.84 Å². The van der Waals surface area contributed by atoms with Gasteiger partial charge in [0.1, 0.15) is 12.7 Å². The van der Waals surface area contributed by atoms with Crippen molar-refractivity contribution in [2.24, 2.45) is 0 Å². The van der Waals surface area contributed by atoms with E-state index in [1.807, 2.05) is 6.07 Å². The smallest absolute Gasteiger partial charge is 0.173 e. The molecule has 1 heterocycles. The topological polar surface area (TPSA) is 70.8 Å². The molecule has 0 spiro atoms. The lowest BCUT2D eigenvalue weighted by Crippen LogP contribution is -2.03. The maximum atomic E-state index is 8.51. The molecule has 0 atom stereocenters. The second kappa shape index (κ2) is 4.70. The van der Waals surface area contributed by atoms with Crippen molar-refractivity contribution in [2.75, 3.05) is 12.1 Å². The van der Waals surface area contributed by atoms with Crippen LogP contribution in [0.1, 0.15) is 5.56 Å². The van der Waals surface area contributed by atoms with Crippen LogP contribution >= 0.6 is 0 Å². The number of anilines is 1. The predicted molar refractivity (Wildman–Crippen MR) is 45.2 cm³/mol. The number of hydrogen-bond donors (Lipinski definition) is 1. The number of nitrogens with zero attached hydrogens (tertiary/aromatic N) is 3. The van der Waals surface area contributed by atoms with Gasteiger partial charge >= 0.3 is 0 Å². The van der Waals surface area contributed by atoms with Crippen LogP contribution in [0.5, 0.6) is 0 Å². The first-order chi connectivity index (χ1) is 6.36. The lowest BCUT2D eigenvalue weighted by molar-refractivity contribution is 0.232. The summed E-state index contributed by atoms with van der Waals surface area (Å²) >= 11 is 0. The Labute approximate surface area is 75.3 Å². The first-order valence-electron chi connectivity index (χ1n) is 3.41. The molecule has 0 radical (unpaired) electrons. The summed E-state index contributed by atoms with van der Waals surface area (Å²) in [7, 11) is 0. The summed E-state index contributed by atoms with van der Waals surface area (Å²) in [6.07, 6.45) is 6.30. The highest BCUT2D eigenvalue weighted by atomic mass is 16.6. The van der Waals surface area contributed by atoms with E-state index in [0.717, 1.165) is 0 Å². The molecule has 5 heteroatoms. The highest BCUT2D eigenvalue weighted by molar-refractivity contribution is 5.38. The standard InChI is InChI=1S/C8H6N4O/c1-2-3-13-12-8-4-7(5-9)6-10-11-8/h1,4,6H,3H2,(H,11,12).